The van der Waals surface area contributed by atoms with Gasteiger partial charge in [0, 0.05) is 6.08 Å². The number of rotatable bonds is 3. The second-order valence-corrected chi connectivity index (χ2v) is 1.81. The molecule has 0 heterocycles. The van der Waals surface area contributed by atoms with Gasteiger partial charge in [0.1, 0.15) is 0 Å². The zero-order valence-electron chi connectivity index (χ0n) is 6.50. The summed E-state index contributed by atoms with van der Waals surface area (Å²) >= 11 is 0. The molecule has 0 spiro atoms. The molecule has 0 atom stereocenters. The van der Waals surface area contributed by atoms with Crippen molar-refractivity contribution in [1.82, 2.24) is 5.32 Å². The lowest BCUT2D eigenvalue weighted by atomic mass is 10.4. The van der Waals surface area contributed by atoms with E-state index >= 15 is 0 Å². The van der Waals surface area contributed by atoms with Gasteiger partial charge in [-0.05, 0) is 6.92 Å². The van der Waals surface area contributed by atoms with Crippen molar-refractivity contribution in [3.8, 4) is 12.3 Å². The third kappa shape index (κ3) is 6.39. The van der Waals surface area contributed by atoms with E-state index in [1.165, 1.54) is 6.08 Å². The Hall–Kier alpha value is -1.49. The first-order chi connectivity index (χ1) is 5.31. The summed E-state index contributed by atoms with van der Waals surface area (Å²) in [6.07, 6.45) is 11.6. The first-order valence-corrected chi connectivity index (χ1v) is 3.32. The highest BCUT2D eigenvalue weighted by atomic mass is 16.1. The number of carbonyl (C=O) groups excluding carboxylic acids is 1. The number of nitrogens with one attached hydrogen (secondary N) is 1. The van der Waals surface area contributed by atoms with Crippen molar-refractivity contribution in [1.29, 1.82) is 0 Å². The zero-order chi connectivity index (χ0) is 8.53. The summed E-state index contributed by atoms with van der Waals surface area (Å²) in [4.78, 5) is 10.7. The fraction of sp³-hybridized carbons (Fsp3) is 0.222. The Labute approximate surface area is 67.0 Å². The van der Waals surface area contributed by atoms with Crippen molar-refractivity contribution in [3.63, 3.8) is 0 Å². The largest absolute Gasteiger partial charge is 0.342 e. The fourth-order valence-corrected chi connectivity index (χ4v) is 0.451. The van der Waals surface area contributed by atoms with Crippen LogP contribution in [0.1, 0.15) is 6.92 Å². The van der Waals surface area contributed by atoms with Gasteiger partial charge in [0.25, 0.3) is 0 Å². The minimum atomic E-state index is -0.166. The van der Waals surface area contributed by atoms with E-state index in [-0.39, 0.29) is 12.5 Å². The lowest BCUT2D eigenvalue weighted by Crippen LogP contribution is -2.20. The predicted molar refractivity (Wildman–Crippen MR) is 45.8 cm³/mol. The molecule has 0 saturated carbocycles. The topological polar surface area (TPSA) is 29.1 Å². The van der Waals surface area contributed by atoms with Gasteiger partial charge in [0.15, 0.2) is 0 Å². The smallest absolute Gasteiger partial charge is 0.244 e. The van der Waals surface area contributed by atoms with Gasteiger partial charge in [-0.3, -0.25) is 4.79 Å². The molecule has 0 radical (unpaired) electrons. The molecule has 0 saturated heterocycles. The number of allylic oxidation sites excluding steroid dienone is 3. The molecule has 0 aliphatic rings. The van der Waals surface area contributed by atoms with E-state index < -0.39 is 0 Å². The van der Waals surface area contributed by atoms with Crippen LogP contribution in [0.2, 0.25) is 0 Å². The van der Waals surface area contributed by atoms with Crippen LogP contribution in [-0.4, -0.2) is 12.5 Å². The van der Waals surface area contributed by atoms with Crippen molar-refractivity contribution in [3.05, 3.63) is 24.3 Å². The SMILES string of the molecule is C#CCNC(=O)C=CC=CC. The summed E-state index contributed by atoms with van der Waals surface area (Å²) in [5, 5.41) is 2.50. The molecule has 0 aliphatic carbocycles. The van der Waals surface area contributed by atoms with Crippen LogP contribution in [0.3, 0.4) is 0 Å². The second kappa shape index (κ2) is 6.63. The normalized spacial score (nSPS) is 10.2. The molecule has 0 bridgehead atoms. The van der Waals surface area contributed by atoms with Gasteiger partial charge in [-0.1, -0.05) is 24.1 Å². The van der Waals surface area contributed by atoms with E-state index in [1.807, 2.05) is 13.0 Å². The van der Waals surface area contributed by atoms with Gasteiger partial charge in [0.2, 0.25) is 5.91 Å². The third-order valence-corrected chi connectivity index (χ3v) is 0.916. The third-order valence-electron chi connectivity index (χ3n) is 0.916. The highest BCUT2D eigenvalue weighted by Crippen LogP contribution is 1.76. The van der Waals surface area contributed by atoms with Crippen LogP contribution < -0.4 is 5.32 Å². The average Bonchev–Trinajstić information content (AvgIpc) is 2.01. The second-order valence-electron chi connectivity index (χ2n) is 1.81. The summed E-state index contributed by atoms with van der Waals surface area (Å²) < 4.78 is 0. The summed E-state index contributed by atoms with van der Waals surface area (Å²) in [6.45, 7) is 2.16. The van der Waals surface area contributed by atoms with Crippen molar-refractivity contribution in [2.45, 2.75) is 6.92 Å². The van der Waals surface area contributed by atoms with Crippen LogP contribution in [0.5, 0.6) is 0 Å². The van der Waals surface area contributed by atoms with E-state index in [4.69, 9.17) is 6.42 Å². The highest BCUT2D eigenvalue weighted by Gasteiger charge is 1.87. The molecular formula is C9H11NO. The van der Waals surface area contributed by atoms with Crippen molar-refractivity contribution in [2.24, 2.45) is 0 Å². The van der Waals surface area contributed by atoms with E-state index in [0.29, 0.717) is 0 Å². The molecule has 2 heteroatoms. The molecule has 0 fully saturated rings. The molecule has 0 aromatic carbocycles. The maximum atomic E-state index is 10.7. The minimum Gasteiger partial charge on any atom is -0.342 e. The van der Waals surface area contributed by atoms with Crippen LogP contribution in [0.25, 0.3) is 0 Å². The standard InChI is InChI=1S/C9H11NO/c1-3-5-6-7-9(11)10-8-4-2/h2-3,5-7H,8H2,1H3,(H,10,11). The lowest BCUT2D eigenvalue weighted by Gasteiger charge is -1.91. The zero-order valence-corrected chi connectivity index (χ0v) is 6.50. The first kappa shape index (κ1) is 9.51. The Bertz CT molecular complexity index is 208. The highest BCUT2D eigenvalue weighted by molar-refractivity contribution is 5.87. The number of hydrogen-bond acceptors (Lipinski definition) is 1. The van der Waals surface area contributed by atoms with Crippen LogP contribution in [-0.2, 0) is 4.79 Å². The Kier molecular flexibility index (Phi) is 5.73. The van der Waals surface area contributed by atoms with Gasteiger partial charge in [-0.2, -0.15) is 0 Å². The van der Waals surface area contributed by atoms with Crippen LogP contribution in [0.15, 0.2) is 24.3 Å². The Morgan fingerprint density at radius 3 is 2.91 bits per heavy atom. The predicted octanol–water partition coefficient (Wildman–Crippen LogP) is 0.868. The molecule has 0 rings (SSSR count). The number of terminal acetylenes is 1. The molecule has 0 aromatic rings. The van der Waals surface area contributed by atoms with E-state index in [9.17, 15) is 4.79 Å². The monoisotopic (exact) mass is 149 g/mol. The van der Waals surface area contributed by atoms with E-state index in [2.05, 4.69) is 11.2 Å². The summed E-state index contributed by atoms with van der Waals surface area (Å²) in [7, 11) is 0. The Morgan fingerprint density at radius 2 is 2.36 bits per heavy atom. The molecule has 0 aliphatic heterocycles. The van der Waals surface area contributed by atoms with E-state index in [1.54, 1.807) is 12.2 Å². The molecule has 58 valence electrons. The fourth-order valence-electron chi connectivity index (χ4n) is 0.451. The minimum absolute atomic E-state index is 0.166. The van der Waals surface area contributed by atoms with Crippen molar-refractivity contribution < 1.29 is 4.79 Å². The number of carbonyl (C=O) groups is 1. The molecule has 0 aromatic heterocycles. The molecular weight excluding hydrogens is 138 g/mol. The molecule has 0 unspecified atom stereocenters. The average molecular weight is 149 g/mol. The van der Waals surface area contributed by atoms with Gasteiger partial charge in [-0.25, -0.2) is 0 Å². The number of hydrogen-bond donors (Lipinski definition) is 1. The Balaban J connectivity index is 3.62. The summed E-state index contributed by atoms with van der Waals surface area (Å²) in [6, 6.07) is 0. The van der Waals surface area contributed by atoms with Gasteiger partial charge in [0.05, 0.1) is 6.54 Å². The number of amides is 1. The molecule has 11 heavy (non-hydrogen) atoms. The van der Waals surface area contributed by atoms with Crippen molar-refractivity contribution in [2.75, 3.05) is 6.54 Å². The maximum Gasteiger partial charge on any atom is 0.244 e. The first-order valence-electron chi connectivity index (χ1n) is 3.32. The van der Waals surface area contributed by atoms with Gasteiger partial charge < -0.3 is 5.32 Å². The molecule has 2 nitrogen and oxygen atoms in total. The molecule has 1 amide bonds. The van der Waals surface area contributed by atoms with Crippen LogP contribution >= 0.6 is 0 Å². The summed E-state index contributed by atoms with van der Waals surface area (Å²) in [5.74, 6) is 2.14. The summed E-state index contributed by atoms with van der Waals surface area (Å²) in [5.41, 5.74) is 0. The van der Waals surface area contributed by atoms with Crippen LogP contribution in [0, 0.1) is 12.3 Å². The Morgan fingerprint density at radius 1 is 1.64 bits per heavy atom. The quantitative estimate of drug-likeness (QED) is 0.360. The van der Waals surface area contributed by atoms with E-state index in [0.717, 1.165) is 0 Å². The van der Waals surface area contributed by atoms with Gasteiger partial charge in [-0.15, -0.1) is 6.42 Å². The lowest BCUT2D eigenvalue weighted by molar-refractivity contribution is -0.116. The van der Waals surface area contributed by atoms with Crippen LogP contribution in [0.4, 0.5) is 0 Å². The molecule has 1 N–H and O–H groups in total. The van der Waals surface area contributed by atoms with Gasteiger partial charge >= 0.3 is 0 Å². The maximum absolute atomic E-state index is 10.7. The van der Waals surface area contributed by atoms with Crippen molar-refractivity contribution >= 4 is 5.91 Å².